The fourth-order valence-corrected chi connectivity index (χ4v) is 1.80. The van der Waals surface area contributed by atoms with Gasteiger partial charge < -0.3 is 10.0 Å². The molecule has 1 N–H and O–H groups in total. The van der Waals surface area contributed by atoms with Gasteiger partial charge in [-0.05, 0) is 12.5 Å². The Kier molecular flexibility index (Phi) is 2.09. The molecule has 1 aromatic rings. The van der Waals surface area contributed by atoms with Gasteiger partial charge in [-0.2, -0.15) is 0 Å². The summed E-state index contributed by atoms with van der Waals surface area (Å²) in [5, 5.41) is 19.7. The predicted molar refractivity (Wildman–Crippen MR) is 51.2 cm³/mol. The minimum absolute atomic E-state index is 0.0891. The average Bonchev–Trinajstić information content (AvgIpc) is 2.59. The highest BCUT2D eigenvalue weighted by molar-refractivity contribution is 5.65. The number of aliphatic hydroxyl groups is 1. The maximum atomic E-state index is 10.7. The summed E-state index contributed by atoms with van der Waals surface area (Å²) in [4.78, 5) is 12.0. The molecule has 0 spiro atoms. The lowest BCUT2D eigenvalue weighted by Crippen LogP contribution is -2.20. The first-order valence-electron chi connectivity index (χ1n) is 4.36. The zero-order valence-corrected chi connectivity index (χ0v) is 7.51. The van der Waals surface area contributed by atoms with Crippen LogP contribution in [-0.2, 0) is 6.42 Å². The van der Waals surface area contributed by atoms with E-state index < -0.39 is 0 Å². The van der Waals surface area contributed by atoms with E-state index in [0.29, 0.717) is 13.0 Å². The highest BCUT2D eigenvalue weighted by atomic mass is 16.6. The first-order chi connectivity index (χ1) is 6.74. The number of hydrogen-bond acceptors (Lipinski definition) is 4. The van der Waals surface area contributed by atoms with Crippen LogP contribution in [0.3, 0.4) is 0 Å². The van der Waals surface area contributed by atoms with E-state index in [0.717, 1.165) is 11.3 Å². The molecule has 0 aromatic heterocycles. The monoisotopic (exact) mass is 194 g/mol. The highest BCUT2D eigenvalue weighted by Gasteiger charge is 2.25. The lowest BCUT2D eigenvalue weighted by Gasteiger charge is -2.14. The molecule has 0 radical (unpaired) electrons. The fraction of sp³-hybridized carbons (Fsp3) is 0.333. The molecule has 14 heavy (non-hydrogen) atoms. The number of aliphatic hydroxyl groups excluding tert-OH is 1. The molecule has 1 aromatic carbocycles. The minimum Gasteiger partial charge on any atom is -0.376 e. The maximum Gasteiger partial charge on any atom is 0.274 e. The van der Waals surface area contributed by atoms with Gasteiger partial charge in [0.1, 0.15) is 6.73 Å². The molecule has 0 saturated heterocycles. The Bertz CT molecular complexity index is 378. The van der Waals surface area contributed by atoms with Gasteiger partial charge in [0.05, 0.1) is 10.5 Å². The van der Waals surface area contributed by atoms with Crippen LogP contribution in [0.4, 0.5) is 11.4 Å². The normalized spacial score (nSPS) is 14.2. The smallest absolute Gasteiger partial charge is 0.274 e. The number of fused-ring (bicyclic) bond motifs is 1. The topological polar surface area (TPSA) is 66.6 Å². The van der Waals surface area contributed by atoms with E-state index in [1.54, 1.807) is 17.0 Å². The van der Waals surface area contributed by atoms with E-state index in [4.69, 9.17) is 5.11 Å². The highest BCUT2D eigenvalue weighted by Crippen LogP contribution is 2.34. The molecule has 0 saturated carbocycles. The molecule has 74 valence electrons. The average molecular weight is 194 g/mol. The number of nitrogens with zero attached hydrogens (tertiary/aromatic N) is 2. The van der Waals surface area contributed by atoms with Gasteiger partial charge in [-0.25, -0.2) is 0 Å². The second kappa shape index (κ2) is 3.26. The second-order valence-electron chi connectivity index (χ2n) is 3.19. The van der Waals surface area contributed by atoms with Gasteiger partial charge in [0.2, 0.25) is 0 Å². The summed E-state index contributed by atoms with van der Waals surface area (Å²) in [6.07, 6.45) is 0.632. The maximum absolute atomic E-state index is 10.7. The van der Waals surface area contributed by atoms with E-state index in [-0.39, 0.29) is 17.3 Å². The Morgan fingerprint density at radius 1 is 1.57 bits per heavy atom. The molecule has 2 rings (SSSR count). The Morgan fingerprint density at radius 3 is 3.00 bits per heavy atom. The van der Waals surface area contributed by atoms with Crippen LogP contribution in [0, 0.1) is 10.1 Å². The second-order valence-corrected chi connectivity index (χ2v) is 3.19. The van der Waals surface area contributed by atoms with Crippen LogP contribution in [-0.4, -0.2) is 23.3 Å². The molecular formula is C9H10N2O3. The zero-order valence-electron chi connectivity index (χ0n) is 7.51. The van der Waals surface area contributed by atoms with Crippen molar-refractivity contribution in [3.8, 4) is 0 Å². The van der Waals surface area contributed by atoms with Crippen LogP contribution in [0.25, 0.3) is 0 Å². The molecule has 1 aliphatic rings. The van der Waals surface area contributed by atoms with Gasteiger partial charge in [-0.3, -0.25) is 10.1 Å². The van der Waals surface area contributed by atoms with Gasteiger partial charge in [0.25, 0.3) is 5.69 Å². The van der Waals surface area contributed by atoms with E-state index in [9.17, 15) is 10.1 Å². The molecule has 5 nitrogen and oxygen atoms in total. The molecule has 0 fully saturated rings. The van der Waals surface area contributed by atoms with Crippen molar-refractivity contribution in [3.63, 3.8) is 0 Å². The lowest BCUT2D eigenvalue weighted by atomic mass is 10.1. The number of rotatable bonds is 2. The number of benzene rings is 1. The SMILES string of the molecule is O=[N+]([O-])c1cccc2c1CCN2CO. The number of hydrogen-bond donors (Lipinski definition) is 1. The van der Waals surface area contributed by atoms with E-state index in [2.05, 4.69) is 0 Å². The first kappa shape index (κ1) is 8.96. The van der Waals surface area contributed by atoms with Crippen molar-refractivity contribution in [2.45, 2.75) is 6.42 Å². The third-order valence-corrected chi connectivity index (χ3v) is 2.47. The molecule has 0 unspecified atom stereocenters. The molecule has 5 heteroatoms. The first-order valence-corrected chi connectivity index (χ1v) is 4.36. The Balaban J connectivity index is 2.49. The Morgan fingerprint density at radius 2 is 2.36 bits per heavy atom. The summed E-state index contributed by atoms with van der Waals surface area (Å²) in [6.45, 7) is 0.560. The van der Waals surface area contributed by atoms with Crippen molar-refractivity contribution in [1.29, 1.82) is 0 Å². The van der Waals surface area contributed by atoms with E-state index in [1.807, 2.05) is 0 Å². The molecule has 1 aliphatic heterocycles. The molecular weight excluding hydrogens is 184 g/mol. The van der Waals surface area contributed by atoms with Crippen LogP contribution in [0.5, 0.6) is 0 Å². The summed E-state index contributed by atoms with van der Waals surface area (Å²) in [5.74, 6) is 0. The molecule has 1 heterocycles. The summed E-state index contributed by atoms with van der Waals surface area (Å²) in [7, 11) is 0. The predicted octanol–water partition coefficient (Wildman–Crippen LogP) is 0.907. The van der Waals surface area contributed by atoms with E-state index in [1.165, 1.54) is 6.07 Å². The Labute approximate surface area is 80.7 Å². The standard InChI is InChI=1S/C9H10N2O3/c12-6-10-5-4-7-8(10)2-1-3-9(7)11(13)14/h1-3,12H,4-6H2. The van der Waals surface area contributed by atoms with Gasteiger partial charge in [0.15, 0.2) is 0 Å². The quantitative estimate of drug-likeness (QED) is 0.561. The van der Waals surface area contributed by atoms with E-state index >= 15 is 0 Å². The number of nitro benzene ring substituents is 1. The molecule has 0 atom stereocenters. The van der Waals surface area contributed by atoms with Crippen molar-refractivity contribution >= 4 is 11.4 Å². The van der Waals surface area contributed by atoms with Crippen molar-refractivity contribution < 1.29 is 10.0 Å². The summed E-state index contributed by atoms with van der Waals surface area (Å²) in [5.41, 5.74) is 1.66. The van der Waals surface area contributed by atoms with Crippen LogP contribution in [0.2, 0.25) is 0 Å². The number of anilines is 1. The fourth-order valence-electron chi connectivity index (χ4n) is 1.80. The minimum atomic E-state index is -0.375. The van der Waals surface area contributed by atoms with Crippen molar-refractivity contribution in [2.24, 2.45) is 0 Å². The van der Waals surface area contributed by atoms with Crippen LogP contribution >= 0.6 is 0 Å². The largest absolute Gasteiger partial charge is 0.376 e. The van der Waals surface area contributed by atoms with Gasteiger partial charge >= 0.3 is 0 Å². The third-order valence-electron chi connectivity index (χ3n) is 2.47. The number of nitro groups is 1. The van der Waals surface area contributed by atoms with Gasteiger partial charge in [-0.15, -0.1) is 0 Å². The zero-order chi connectivity index (χ0) is 10.1. The van der Waals surface area contributed by atoms with Crippen LogP contribution in [0.1, 0.15) is 5.56 Å². The van der Waals surface area contributed by atoms with Crippen molar-refractivity contribution in [2.75, 3.05) is 18.2 Å². The molecule has 0 aliphatic carbocycles. The summed E-state index contributed by atoms with van der Waals surface area (Å²) >= 11 is 0. The van der Waals surface area contributed by atoms with Gasteiger partial charge in [-0.1, -0.05) is 6.07 Å². The Hall–Kier alpha value is -1.62. The van der Waals surface area contributed by atoms with Crippen LogP contribution < -0.4 is 4.90 Å². The van der Waals surface area contributed by atoms with Crippen molar-refractivity contribution in [1.82, 2.24) is 0 Å². The summed E-state index contributed by atoms with van der Waals surface area (Å²) in [6, 6.07) is 4.94. The van der Waals surface area contributed by atoms with Crippen LogP contribution in [0.15, 0.2) is 18.2 Å². The molecule has 0 amide bonds. The lowest BCUT2D eigenvalue weighted by molar-refractivity contribution is -0.385. The van der Waals surface area contributed by atoms with Gasteiger partial charge in [0, 0.05) is 18.3 Å². The summed E-state index contributed by atoms with van der Waals surface area (Å²) < 4.78 is 0. The van der Waals surface area contributed by atoms with Crippen molar-refractivity contribution in [3.05, 3.63) is 33.9 Å². The molecule has 0 bridgehead atoms. The third kappa shape index (κ3) is 1.22.